The van der Waals surface area contributed by atoms with Crippen molar-refractivity contribution in [3.8, 4) is 11.5 Å². The monoisotopic (exact) mass is 466 g/mol. The quantitative estimate of drug-likeness (QED) is 0.423. The van der Waals surface area contributed by atoms with Gasteiger partial charge in [-0.05, 0) is 50.2 Å². The first-order valence-corrected chi connectivity index (χ1v) is 11.1. The van der Waals surface area contributed by atoms with Gasteiger partial charge in [0.2, 0.25) is 12.2 Å². The van der Waals surface area contributed by atoms with Gasteiger partial charge >= 0.3 is 0 Å². The van der Waals surface area contributed by atoms with E-state index in [1.165, 1.54) is 12.7 Å². The highest BCUT2D eigenvalue weighted by Crippen LogP contribution is 2.35. The van der Waals surface area contributed by atoms with Crippen molar-refractivity contribution in [1.29, 1.82) is 0 Å². The number of hydrogen-bond donors (Lipinski definition) is 1. The lowest BCUT2D eigenvalue weighted by Gasteiger charge is -2.29. The number of halogens is 1. The lowest BCUT2D eigenvalue weighted by molar-refractivity contribution is 0.116. The number of ether oxygens (including phenoxy) is 2. The molecular formula is C23H23ClN6O3. The standard InChI is InChI=1S/C23H23ClN6O3/c1-30-9-7-16(8-10-30)33-20-4-2-3-18-22(20)23(26-13-25-18)28-15-5-6-19(17(24)11-15)31-12-21-27-14-32-29-21/h2-6,11,13-14,16H,7-10,12H2,1H3,(H,25,26,28). The van der Waals surface area contributed by atoms with E-state index in [-0.39, 0.29) is 12.7 Å². The summed E-state index contributed by atoms with van der Waals surface area (Å²) >= 11 is 6.44. The van der Waals surface area contributed by atoms with Crippen LogP contribution < -0.4 is 14.8 Å². The van der Waals surface area contributed by atoms with Crippen LogP contribution in [-0.4, -0.2) is 51.2 Å². The molecule has 0 bridgehead atoms. The molecule has 1 saturated heterocycles. The van der Waals surface area contributed by atoms with Gasteiger partial charge in [-0.3, -0.25) is 0 Å². The molecule has 1 N–H and O–H groups in total. The maximum absolute atomic E-state index is 6.44. The number of nitrogens with zero attached hydrogens (tertiary/aromatic N) is 5. The molecule has 0 amide bonds. The predicted octanol–water partition coefficient (Wildman–Crippen LogP) is 4.46. The second-order valence-corrected chi connectivity index (χ2v) is 8.31. The summed E-state index contributed by atoms with van der Waals surface area (Å²) in [6.45, 7) is 2.21. The molecule has 0 saturated carbocycles. The van der Waals surface area contributed by atoms with Crippen LogP contribution in [0.25, 0.3) is 10.9 Å². The summed E-state index contributed by atoms with van der Waals surface area (Å²) in [6.07, 6.45) is 4.94. The van der Waals surface area contributed by atoms with Gasteiger partial charge in [0.15, 0.2) is 6.61 Å². The maximum Gasteiger partial charge on any atom is 0.213 e. The van der Waals surface area contributed by atoms with Gasteiger partial charge in [0.05, 0.1) is 15.9 Å². The third kappa shape index (κ3) is 4.99. The smallest absolute Gasteiger partial charge is 0.213 e. The highest BCUT2D eigenvalue weighted by molar-refractivity contribution is 6.32. The molecule has 2 aromatic carbocycles. The third-order valence-corrected chi connectivity index (χ3v) is 5.84. The van der Waals surface area contributed by atoms with Crippen LogP contribution in [0.5, 0.6) is 11.5 Å². The minimum absolute atomic E-state index is 0.164. The Kier molecular flexibility index (Phi) is 6.23. The van der Waals surface area contributed by atoms with Gasteiger partial charge in [0.25, 0.3) is 0 Å². The summed E-state index contributed by atoms with van der Waals surface area (Å²) in [6, 6.07) is 11.3. The Hall–Kier alpha value is -3.43. The maximum atomic E-state index is 6.44. The van der Waals surface area contributed by atoms with E-state index in [0.717, 1.165) is 48.3 Å². The summed E-state index contributed by atoms with van der Waals surface area (Å²) in [5.74, 6) is 2.39. The topological polar surface area (TPSA) is 98.4 Å². The molecule has 0 unspecified atom stereocenters. The van der Waals surface area contributed by atoms with E-state index >= 15 is 0 Å². The molecule has 0 atom stereocenters. The first-order valence-electron chi connectivity index (χ1n) is 10.7. The molecule has 0 aliphatic carbocycles. The third-order valence-electron chi connectivity index (χ3n) is 5.54. The van der Waals surface area contributed by atoms with Crippen molar-refractivity contribution in [2.24, 2.45) is 0 Å². The minimum atomic E-state index is 0.164. The molecule has 9 nitrogen and oxygen atoms in total. The number of benzene rings is 2. The number of fused-ring (bicyclic) bond motifs is 1. The van der Waals surface area contributed by atoms with Crippen molar-refractivity contribution in [1.82, 2.24) is 25.0 Å². The van der Waals surface area contributed by atoms with E-state index in [1.54, 1.807) is 12.1 Å². The molecule has 4 aromatic rings. The number of piperidine rings is 1. The van der Waals surface area contributed by atoms with E-state index < -0.39 is 0 Å². The predicted molar refractivity (Wildman–Crippen MR) is 124 cm³/mol. The van der Waals surface area contributed by atoms with Gasteiger partial charge in [-0.2, -0.15) is 4.98 Å². The zero-order valence-electron chi connectivity index (χ0n) is 18.1. The SMILES string of the molecule is CN1CCC(Oc2cccc3ncnc(Nc4ccc(OCc5ncon5)c(Cl)c4)c23)CC1. The lowest BCUT2D eigenvalue weighted by atomic mass is 10.1. The fourth-order valence-corrected chi connectivity index (χ4v) is 4.02. The Balaban J connectivity index is 1.36. The molecular weight excluding hydrogens is 444 g/mol. The normalized spacial score (nSPS) is 15.0. The molecule has 1 aliphatic heterocycles. The van der Waals surface area contributed by atoms with Gasteiger partial charge in [-0.1, -0.05) is 22.8 Å². The lowest BCUT2D eigenvalue weighted by Crippen LogP contribution is -2.35. The van der Waals surface area contributed by atoms with E-state index in [2.05, 4.69) is 37.4 Å². The Morgan fingerprint density at radius 1 is 1.12 bits per heavy atom. The van der Waals surface area contributed by atoms with Crippen molar-refractivity contribution in [2.45, 2.75) is 25.6 Å². The van der Waals surface area contributed by atoms with E-state index in [9.17, 15) is 0 Å². The molecule has 170 valence electrons. The second-order valence-electron chi connectivity index (χ2n) is 7.90. The van der Waals surface area contributed by atoms with Crippen LogP contribution >= 0.6 is 11.6 Å². The Morgan fingerprint density at radius 3 is 2.79 bits per heavy atom. The molecule has 2 aromatic heterocycles. The van der Waals surface area contributed by atoms with Gasteiger partial charge in [-0.15, -0.1) is 0 Å². The number of anilines is 2. The number of likely N-dealkylation sites (tertiary alicyclic amines) is 1. The van der Waals surface area contributed by atoms with Crippen molar-refractivity contribution < 1.29 is 14.0 Å². The first kappa shape index (κ1) is 21.4. The molecule has 5 rings (SSSR count). The largest absolute Gasteiger partial charge is 0.489 e. The highest BCUT2D eigenvalue weighted by atomic mass is 35.5. The molecule has 33 heavy (non-hydrogen) atoms. The van der Waals surface area contributed by atoms with Crippen molar-refractivity contribution >= 4 is 34.0 Å². The van der Waals surface area contributed by atoms with Gasteiger partial charge < -0.3 is 24.2 Å². The Morgan fingerprint density at radius 2 is 2.00 bits per heavy atom. The van der Waals surface area contributed by atoms with Crippen LogP contribution in [0.15, 0.2) is 53.6 Å². The summed E-state index contributed by atoms with van der Waals surface area (Å²) < 4.78 is 16.8. The van der Waals surface area contributed by atoms with Crippen LogP contribution in [-0.2, 0) is 6.61 Å². The van der Waals surface area contributed by atoms with Gasteiger partial charge in [0, 0.05) is 18.8 Å². The average Bonchev–Trinajstić information content (AvgIpc) is 3.34. The number of hydrogen-bond acceptors (Lipinski definition) is 9. The van der Waals surface area contributed by atoms with E-state index in [1.807, 2.05) is 24.3 Å². The van der Waals surface area contributed by atoms with Crippen LogP contribution in [0, 0.1) is 0 Å². The Labute approximate surface area is 195 Å². The van der Waals surface area contributed by atoms with Gasteiger partial charge in [-0.25, -0.2) is 9.97 Å². The van der Waals surface area contributed by atoms with Crippen molar-refractivity contribution in [3.63, 3.8) is 0 Å². The zero-order valence-corrected chi connectivity index (χ0v) is 18.8. The molecule has 0 radical (unpaired) electrons. The van der Waals surface area contributed by atoms with Crippen LogP contribution in [0.4, 0.5) is 11.5 Å². The molecule has 3 heterocycles. The van der Waals surface area contributed by atoms with Crippen LogP contribution in [0.2, 0.25) is 5.02 Å². The number of aromatic nitrogens is 4. The zero-order chi connectivity index (χ0) is 22.6. The first-order chi connectivity index (χ1) is 16.2. The second kappa shape index (κ2) is 9.60. The van der Waals surface area contributed by atoms with E-state index in [4.69, 9.17) is 25.6 Å². The van der Waals surface area contributed by atoms with Crippen molar-refractivity contribution in [3.05, 3.63) is 60.0 Å². The van der Waals surface area contributed by atoms with Crippen LogP contribution in [0.3, 0.4) is 0 Å². The van der Waals surface area contributed by atoms with Crippen molar-refractivity contribution in [2.75, 3.05) is 25.5 Å². The number of nitrogens with one attached hydrogen (secondary N) is 1. The average molecular weight is 467 g/mol. The summed E-state index contributed by atoms with van der Waals surface area (Å²) in [5, 5.41) is 8.36. The molecule has 0 spiro atoms. The fraction of sp³-hybridized carbons (Fsp3) is 0.304. The minimum Gasteiger partial charge on any atom is -0.489 e. The number of rotatable bonds is 7. The molecule has 10 heteroatoms. The molecule has 1 aliphatic rings. The summed E-state index contributed by atoms with van der Waals surface area (Å²) in [7, 11) is 2.14. The highest BCUT2D eigenvalue weighted by Gasteiger charge is 2.20. The summed E-state index contributed by atoms with van der Waals surface area (Å²) in [4.78, 5) is 15.2. The fourth-order valence-electron chi connectivity index (χ4n) is 3.78. The van der Waals surface area contributed by atoms with Gasteiger partial charge in [0.1, 0.15) is 29.7 Å². The molecule has 1 fully saturated rings. The summed E-state index contributed by atoms with van der Waals surface area (Å²) in [5.41, 5.74) is 1.57. The Bertz CT molecular complexity index is 1220. The van der Waals surface area contributed by atoms with E-state index in [0.29, 0.717) is 22.4 Å². The van der Waals surface area contributed by atoms with Crippen LogP contribution in [0.1, 0.15) is 18.7 Å².